The van der Waals surface area contributed by atoms with Crippen molar-refractivity contribution in [2.24, 2.45) is 0 Å². The quantitative estimate of drug-likeness (QED) is 0.693. The van der Waals surface area contributed by atoms with Gasteiger partial charge >= 0.3 is 5.97 Å². The average Bonchev–Trinajstić information content (AvgIpc) is 2.35. The summed E-state index contributed by atoms with van der Waals surface area (Å²) in [5.41, 5.74) is 1.39. The van der Waals surface area contributed by atoms with Crippen molar-refractivity contribution in [1.82, 2.24) is 5.32 Å². The average molecular weight is 237 g/mol. The van der Waals surface area contributed by atoms with Crippen LogP contribution in [0.5, 0.6) is 0 Å². The van der Waals surface area contributed by atoms with Crippen molar-refractivity contribution in [2.45, 2.75) is 19.4 Å². The van der Waals surface area contributed by atoms with Crippen LogP contribution < -0.4 is 5.32 Å². The molecule has 1 aromatic carbocycles. The fourth-order valence-electron chi connectivity index (χ4n) is 1.42. The van der Waals surface area contributed by atoms with E-state index in [0.29, 0.717) is 12.0 Å². The fourth-order valence-corrected chi connectivity index (χ4v) is 1.42. The lowest BCUT2D eigenvalue weighted by molar-refractivity contribution is -0.146. The number of hydrogen-bond acceptors (Lipinski definition) is 3. The van der Waals surface area contributed by atoms with Crippen molar-refractivity contribution in [2.75, 3.05) is 6.54 Å². The Bertz CT molecular complexity index is 417. The highest BCUT2D eigenvalue weighted by Crippen LogP contribution is 2.08. The molecule has 92 valence electrons. The molecule has 1 aromatic rings. The Labute approximate surface area is 99.1 Å². The topological polar surface area (TPSA) is 86.6 Å². The molecular formula is C12H15NO4. The Balaban J connectivity index is 2.67. The monoisotopic (exact) mass is 237 g/mol. The van der Waals surface area contributed by atoms with E-state index in [9.17, 15) is 9.59 Å². The summed E-state index contributed by atoms with van der Waals surface area (Å²) in [5.74, 6) is -1.73. The van der Waals surface area contributed by atoms with Crippen molar-refractivity contribution in [3.8, 4) is 0 Å². The Kier molecular flexibility index (Phi) is 4.66. The van der Waals surface area contributed by atoms with Crippen molar-refractivity contribution in [3.63, 3.8) is 0 Å². The molecule has 5 heteroatoms. The van der Waals surface area contributed by atoms with Crippen LogP contribution in [-0.2, 0) is 11.2 Å². The maximum Gasteiger partial charge on any atom is 0.334 e. The number of amides is 1. The Morgan fingerprint density at radius 3 is 2.59 bits per heavy atom. The minimum Gasteiger partial charge on any atom is -0.479 e. The van der Waals surface area contributed by atoms with Gasteiger partial charge in [0.05, 0.1) is 6.54 Å². The van der Waals surface area contributed by atoms with Gasteiger partial charge in [-0.2, -0.15) is 0 Å². The van der Waals surface area contributed by atoms with Crippen LogP contribution >= 0.6 is 0 Å². The van der Waals surface area contributed by atoms with Crippen molar-refractivity contribution in [1.29, 1.82) is 0 Å². The van der Waals surface area contributed by atoms with Crippen molar-refractivity contribution >= 4 is 11.9 Å². The smallest absolute Gasteiger partial charge is 0.334 e. The first-order valence-corrected chi connectivity index (χ1v) is 5.33. The molecule has 0 radical (unpaired) electrons. The molecule has 0 fully saturated rings. The van der Waals surface area contributed by atoms with Crippen LogP contribution in [0.25, 0.3) is 0 Å². The van der Waals surface area contributed by atoms with Gasteiger partial charge in [-0.25, -0.2) is 4.79 Å². The summed E-state index contributed by atoms with van der Waals surface area (Å²) in [6, 6.07) is 7.08. The number of carboxylic acids is 1. The van der Waals surface area contributed by atoms with Gasteiger partial charge in [0, 0.05) is 5.56 Å². The number of carbonyl (C=O) groups excluding carboxylic acids is 1. The molecule has 17 heavy (non-hydrogen) atoms. The van der Waals surface area contributed by atoms with E-state index in [2.05, 4.69) is 5.32 Å². The summed E-state index contributed by atoms with van der Waals surface area (Å²) in [7, 11) is 0. The van der Waals surface area contributed by atoms with Gasteiger partial charge in [-0.3, -0.25) is 4.79 Å². The number of aliphatic carboxylic acids is 1. The lowest BCUT2D eigenvalue weighted by atomic mass is 10.0. The molecule has 5 nitrogen and oxygen atoms in total. The van der Waals surface area contributed by atoms with Gasteiger partial charge in [-0.1, -0.05) is 25.1 Å². The van der Waals surface area contributed by atoms with Gasteiger partial charge in [-0.15, -0.1) is 0 Å². The molecule has 0 aliphatic carbocycles. The lowest BCUT2D eigenvalue weighted by Crippen LogP contribution is -2.36. The summed E-state index contributed by atoms with van der Waals surface area (Å²) in [6.45, 7) is 1.63. The predicted molar refractivity (Wildman–Crippen MR) is 61.8 cm³/mol. The van der Waals surface area contributed by atoms with Crippen molar-refractivity contribution < 1.29 is 19.8 Å². The standard InChI is InChI=1S/C12H15NO4/c1-2-8-5-3-4-6-9(8)11(15)13-7-10(14)12(16)17/h3-6,10,14H,2,7H2,1H3,(H,13,15)(H,16,17)/t10-/m0/s1. The molecular weight excluding hydrogens is 222 g/mol. The molecule has 0 saturated carbocycles. The number of nitrogens with one attached hydrogen (secondary N) is 1. The second-order valence-electron chi connectivity index (χ2n) is 3.57. The fraction of sp³-hybridized carbons (Fsp3) is 0.333. The zero-order valence-corrected chi connectivity index (χ0v) is 9.51. The number of aryl methyl sites for hydroxylation is 1. The molecule has 3 N–H and O–H groups in total. The predicted octanol–water partition coefficient (Wildman–Crippen LogP) is 0.424. The highest BCUT2D eigenvalue weighted by molar-refractivity contribution is 5.95. The number of benzene rings is 1. The summed E-state index contributed by atoms with van der Waals surface area (Å²) >= 11 is 0. The molecule has 0 aliphatic rings. The van der Waals surface area contributed by atoms with Gasteiger partial charge in [0.15, 0.2) is 6.10 Å². The Hall–Kier alpha value is -1.88. The zero-order chi connectivity index (χ0) is 12.8. The minimum absolute atomic E-state index is 0.299. The third kappa shape index (κ3) is 3.57. The molecule has 0 unspecified atom stereocenters. The van der Waals surface area contributed by atoms with Crippen LogP contribution in [0.1, 0.15) is 22.8 Å². The number of aliphatic hydroxyl groups is 1. The number of hydrogen-bond donors (Lipinski definition) is 3. The van der Waals surface area contributed by atoms with E-state index < -0.39 is 12.1 Å². The first kappa shape index (κ1) is 13.2. The summed E-state index contributed by atoms with van der Waals surface area (Å²) in [5, 5.41) is 19.9. The zero-order valence-electron chi connectivity index (χ0n) is 9.51. The molecule has 0 bridgehead atoms. The van der Waals surface area contributed by atoms with E-state index in [4.69, 9.17) is 10.2 Å². The van der Waals surface area contributed by atoms with Crippen molar-refractivity contribution in [3.05, 3.63) is 35.4 Å². The number of rotatable bonds is 5. The molecule has 0 heterocycles. The first-order chi connectivity index (χ1) is 8.06. The SMILES string of the molecule is CCc1ccccc1C(=O)NC[C@H](O)C(=O)O. The number of carboxylic acid groups (broad SMARTS) is 1. The van der Waals surface area contributed by atoms with Gasteiger partial charge in [0.1, 0.15) is 0 Å². The van der Waals surface area contributed by atoms with E-state index in [0.717, 1.165) is 5.56 Å². The molecule has 1 rings (SSSR count). The molecule has 1 amide bonds. The van der Waals surface area contributed by atoms with E-state index in [1.807, 2.05) is 19.1 Å². The van der Waals surface area contributed by atoms with Crippen LogP contribution in [0.3, 0.4) is 0 Å². The molecule has 0 aromatic heterocycles. The number of carbonyl (C=O) groups is 2. The highest BCUT2D eigenvalue weighted by atomic mass is 16.4. The summed E-state index contributed by atoms with van der Waals surface area (Å²) in [4.78, 5) is 22.1. The van der Waals surface area contributed by atoms with Gasteiger partial charge in [0.2, 0.25) is 0 Å². The molecule has 0 spiro atoms. The van der Waals surface area contributed by atoms with Crippen LogP contribution in [0.15, 0.2) is 24.3 Å². The van der Waals surface area contributed by atoms with E-state index >= 15 is 0 Å². The maximum atomic E-state index is 11.7. The second-order valence-corrected chi connectivity index (χ2v) is 3.57. The van der Waals surface area contributed by atoms with Crippen LogP contribution in [0, 0.1) is 0 Å². The van der Waals surface area contributed by atoms with Gasteiger partial charge in [-0.05, 0) is 18.1 Å². The number of aliphatic hydroxyl groups excluding tert-OH is 1. The van der Waals surface area contributed by atoms with E-state index in [1.54, 1.807) is 12.1 Å². The molecule has 0 aliphatic heterocycles. The maximum absolute atomic E-state index is 11.7. The van der Waals surface area contributed by atoms with E-state index in [1.165, 1.54) is 0 Å². The largest absolute Gasteiger partial charge is 0.479 e. The summed E-state index contributed by atoms with van der Waals surface area (Å²) in [6.07, 6.45) is -0.863. The van der Waals surface area contributed by atoms with Gasteiger partial charge < -0.3 is 15.5 Å². The normalized spacial score (nSPS) is 11.9. The summed E-state index contributed by atoms with van der Waals surface area (Å²) < 4.78 is 0. The highest BCUT2D eigenvalue weighted by Gasteiger charge is 2.15. The Morgan fingerprint density at radius 1 is 1.35 bits per heavy atom. The van der Waals surface area contributed by atoms with E-state index in [-0.39, 0.29) is 12.5 Å². The van der Waals surface area contributed by atoms with Crippen LogP contribution in [0.4, 0.5) is 0 Å². The minimum atomic E-state index is -1.58. The third-order valence-electron chi connectivity index (χ3n) is 2.38. The second kappa shape index (κ2) is 6.00. The molecule has 0 saturated heterocycles. The lowest BCUT2D eigenvalue weighted by Gasteiger charge is -2.10. The van der Waals surface area contributed by atoms with Gasteiger partial charge in [0.25, 0.3) is 5.91 Å². The molecule has 1 atom stereocenters. The third-order valence-corrected chi connectivity index (χ3v) is 2.38. The van der Waals surface area contributed by atoms with Crippen LogP contribution in [0.2, 0.25) is 0 Å². The van der Waals surface area contributed by atoms with Crippen LogP contribution in [-0.4, -0.2) is 34.7 Å². The first-order valence-electron chi connectivity index (χ1n) is 5.33. The Morgan fingerprint density at radius 2 is 2.00 bits per heavy atom.